The van der Waals surface area contributed by atoms with Gasteiger partial charge in [0, 0.05) is 42.2 Å². The Kier molecular flexibility index (Phi) is 7.13. The highest BCUT2D eigenvalue weighted by molar-refractivity contribution is 7.89. The van der Waals surface area contributed by atoms with Gasteiger partial charge in [0.2, 0.25) is 27.6 Å². The van der Waals surface area contributed by atoms with Crippen LogP contribution in [-0.4, -0.2) is 47.6 Å². The van der Waals surface area contributed by atoms with Crippen molar-refractivity contribution >= 4 is 27.4 Å². The van der Waals surface area contributed by atoms with Gasteiger partial charge in [-0.15, -0.1) is 0 Å². The summed E-state index contributed by atoms with van der Waals surface area (Å²) in [6.45, 7) is 5.63. The number of piperidine rings is 1. The van der Waals surface area contributed by atoms with Gasteiger partial charge >= 0.3 is 0 Å². The van der Waals surface area contributed by atoms with Crippen LogP contribution in [-0.2, 0) is 21.2 Å². The minimum atomic E-state index is -3.76. The fourth-order valence-electron chi connectivity index (χ4n) is 4.06. The molecular formula is C25H28N4O5S. The summed E-state index contributed by atoms with van der Waals surface area (Å²) in [5.41, 5.74) is 2.38. The third kappa shape index (κ3) is 5.33. The number of hydrogen-bond donors (Lipinski definition) is 1. The zero-order valence-corrected chi connectivity index (χ0v) is 20.8. The Morgan fingerprint density at radius 1 is 1.11 bits per heavy atom. The van der Waals surface area contributed by atoms with E-state index in [1.165, 1.54) is 11.2 Å². The van der Waals surface area contributed by atoms with Crippen molar-refractivity contribution in [3.63, 3.8) is 0 Å². The molecule has 2 aromatic carbocycles. The van der Waals surface area contributed by atoms with Crippen LogP contribution < -0.4 is 5.32 Å². The lowest BCUT2D eigenvalue weighted by Crippen LogP contribution is -2.41. The zero-order chi connectivity index (χ0) is 25.2. The summed E-state index contributed by atoms with van der Waals surface area (Å²) >= 11 is 0. The summed E-state index contributed by atoms with van der Waals surface area (Å²) < 4.78 is 33.5. The smallest absolute Gasteiger partial charge is 0.243 e. The molecule has 1 aromatic heterocycles. The number of amides is 1. The highest BCUT2D eigenvalue weighted by Gasteiger charge is 2.33. The molecule has 0 spiro atoms. The third-order valence-corrected chi connectivity index (χ3v) is 8.26. The minimum absolute atomic E-state index is 0.0415. The molecule has 10 heteroatoms. The second-order valence-electron chi connectivity index (χ2n) is 8.65. The lowest BCUT2D eigenvalue weighted by atomic mass is 9.97. The zero-order valence-electron chi connectivity index (χ0n) is 19.9. The van der Waals surface area contributed by atoms with Gasteiger partial charge in [-0.25, -0.2) is 8.42 Å². The molecule has 0 aliphatic carbocycles. The first kappa shape index (κ1) is 24.7. The average molecular weight is 497 g/mol. The number of ketones is 1. The van der Waals surface area contributed by atoms with Gasteiger partial charge in [0.25, 0.3) is 0 Å². The van der Waals surface area contributed by atoms with Gasteiger partial charge in [-0.1, -0.05) is 24.2 Å². The largest absolute Gasteiger partial charge is 0.339 e. The number of Topliss-reactive ketones (excluding diaryl/α,β-unsaturated/α-hetero) is 1. The van der Waals surface area contributed by atoms with Gasteiger partial charge in [-0.05, 0) is 62.6 Å². The van der Waals surface area contributed by atoms with E-state index in [4.69, 9.17) is 4.52 Å². The number of aromatic nitrogens is 2. The molecule has 4 rings (SSSR count). The van der Waals surface area contributed by atoms with Crippen LogP contribution in [0.2, 0.25) is 0 Å². The summed E-state index contributed by atoms with van der Waals surface area (Å²) in [5, 5.41) is 6.81. The predicted octanol–water partition coefficient (Wildman–Crippen LogP) is 3.85. The molecular weight excluding hydrogens is 468 g/mol. The van der Waals surface area contributed by atoms with Gasteiger partial charge in [-0.3, -0.25) is 9.59 Å². The summed E-state index contributed by atoms with van der Waals surface area (Å²) in [7, 11) is -3.76. The van der Waals surface area contributed by atoms with E-state index in [9.17, 15) is 18.0 Å². The second-order valence-corrected chi connectivity index (χ2v) is 10.6. The number of nitrogens with one attached hydrogen (secondary N) is 1. The normalized spacial score (nSPS) is 15.2. The molecule has 184 valence electrons. The van der Waals surface area contributed by atoms with Crippen molar-refractivity contribution in [3.05, 3.63) is 59.5 Å². The molecule has 1 fully saturated rings. The number of sulfonamides is 1. The molecule has 1 amide bonds. The maximum atomic E-state index is 13.4. The fourth-order valence-corrected chi connectivity index (χ4v) is 5.78. The molecule has 1 N–H and O–H groups in total. The minimum Gasteiger partial charge on any atom is -0.339 e. The van der Waals surface area contributed by atoms with Crippen LogP contribution in [0.1, 0.15) is 48.5 Å². The quantitative estimate of drug-likeness (QED) is 0.493. The first-order valence-electron chi connectivity index (χ1n) is 11.5. The van der Waals surface area contributed by atoms with Crippen molar-refractivity contribution in [2.24, 2.45) is 5.92 Å². The van der Waals surface area contributed by atoms with Crippen LogP contribution >= 0.6 is 0 Å². The maximum absolute atomic E-state index is 13.4. The lowest BCUT2D eigenvalue weighted by molar-refractivity contribution is -0.120. The Bertz CT molecular complexity index is 1340. The van der Waals surface area contributed by atoms with Crippen molar-refractivity contribution < 1.29 is 22.5 Å². The van der Waals surface area contributed by atoms with Crippen LogP contribution in [0.25, 0.3) is 11.4 Å². The monoisotopic (exact) mass is 496 g/mol. The second kappa shape index (κ2) is 10.1. The molecule has 2 heterocycles. The van der Waals surface area contributed by atoms with Crippen molar-refractivity contribution in [2.45, 2.75) is 44.9 Å². The Labute approximate surface area is 204 Å². The number of hydrogen-bond acceptors (Lipinski definition) is 7. The molecule has 1 aliphatic rings. The van der Waals surface area contributed by atoms with Crippen molar-refractivity contribution in [2.75, 3.05) is 18.4 Å². The lowest BCUT2D eigenvalue weighted by Gasteiger charge is -2.31. The summed E-state index contributed by atoms with van der Waals surface area (Å²) in [6, 6.07) is 11.8. The first-order valence-corrected chi connectivity index (χ1v) is 13.0. The Balaban J connectivity index is 1.43. The van der Waals surface area contributed by atoms with E-state index in [0.717, 1.165) is 0 Å². The van der Waals surface area contributed by atoms with E-state index < -0.39 is 10.0 Å². The van der Waals surface area contributed by atoms with E-state index in [1.807, 2.05) is 6.92 Å². The molecule has 0 unspecified atom stereocenters. The molecule has 0 radical (unpaired) electrons. The van der Waals surface area contributed by atoms with Crippen LogP contribution in [0.5, 0.6) is 0 Å². The number of benzene rings is 2. The molecule has 0 saturated carbocycles. The van der Waals surface area contributed by atoms with Crippen LogP contribution in [0.4, 0.5) is 5.69 Å². The molecule has 3 aromatic rings. The van der Waals surface area contributed by atoms with Crippen molar-refractivity contribution in [1.29, 1.82) is 0 Å². The first-order chi connectivity index (χ1) is 16.7. The summed E-state index contributed by atoms with van der Waals surface area (Å²) in [4.78, 5) is 28.6. The topological polar surface area (TPSA) is 122 Å². The highest BCUT2D eigenvalue weighted by Crippen LogP contribution is 2.29. The van der Waals surface area contributed by atoms with Gasteiger partial charge in [-0.2, -0.15) is 9.29 Å². The van der Waals surface area contributed by atoms with Gasteiger partial charge in [0.05, 0.1) is 4.90 Å². The summed E-state index contributed by atoms with van der Waals surface area (Å²) in [5.74, 6) is 0.346. The van der Waals surface area contributed by atoms with Crippen molar-refractivity contribution in [3.8, 4) is 11.4 Å². The molecule has 1 aliphatic heterocycles. The number of anilines is 1. The van der Waals surface area contributed by atoms with Crippen LogP contribution in [0.15, 0.2) is 51.9 Å². The van der Waals surface area contributed by atoms with E-state index in [0.29, 0.717) is 53.4 Å². The molecule has 1 saturated heterocycles. The average Bonchev–Trinajstić information content (AvgIpc) is 3.34. The number of carbonyl (C=O) groups is 2. The van der Waals surface area contributed by atoms with Gasteiger partial charge in [0.15, 0.2) is 5.78 Å². The van der Waals surface area contributed by atoms with E-state index >= 15 is 0 Å². The van der Waals surface area contributed by atoms with Crippen LogP contribution in [0, 0.1) is 12.8 Å². The Morgan fingerprint density at radius 3 is 2.40 bits per heavy atom. The van der Waals surface area contributed by atoms with Gasteiger partial charge < -0.3 is 9.84 Å². The van der Waals surface area contributed by atoms with Gasteiger partial charge in [0.1, 0.15) is 0 Å². The molecule has 35 heavy (non-hydrogen) atoms. The Hall–Kier alpha value is -3.37. The molecule has 0 atom stereocenters. The number of carbonyl (C=O) groups excluding carboxylic acids is 2. The third-order valence-electron chi connectivity index (χ3n) is 6.22. The SMILES string of the molecule is CCc1nc(-c2ccc(C)c(S(=O)(=O)N3CCC(C(=O)Nc4ccc(C(C)=O)cc4)CC3)c2)no1. The number of aryl methyl sites for hydroxylation is 2. The van der Waals surface area contributed by atoms with E-state index in [-0.39, 0.29) is 35.6 Å². The van der Waals surface area contributed by atoms with Crippen molar-refractivity contribution in [1.82, 2.24) is 14.4 Å². The summed E-state index contributed by atoms with van der Waals surface area (Å²) in [6.07, 6.45) is 1.43. The van der Waals surface area contributed by atoms with E-state index in [2.05, 4.69) is 15.5 Å². The molecule has 9 nitrogen and oxygen atoms in total. The highest BCUT2D eigenvalue weighted by atomic mass is 32.2. The maximum Gasteiger partial charge on any atom is 0.243 e. The number of rotatable bonds is 7. The standard InChI is InChI=1S/C25H28N4O5S/c1-4-23-27-24(28-34-23)20-6-5-16(2)22(15-20)35(32,33)29-13-11-19(12-14-29)25(31)26-21-9-7-18(8-10-21)17(3)30/h5-10,15,19H,4,11-14H2,1-3H3,(H,26,31). The predicted molar refractivity (Wildman–Crippen MR) is 130 cm³/mol. The van der Waals surface area contributed by atoms with Crippen LogP contribution in [0.3, 0.4) is 0 Å². The fraction of sp³-hybridized carbons (Fsp3) is 0.360. The van der Waals surface area contributed by atoms with E-state index in [1.54, 1.807) is 49.4 Å². The molecule has 0 bridgehead atoms. The number of nitrogens with zero attached hydrogens (tertiary/aromatic N) is 3. The Morgan fingerprint density at radius 2 is 1.80 bits per heavy atom.